The molecule has 0 spiro atoms. The lowest BCUT2D eigenvalue weighted by Gasteiger charge is -2.35. The van der Waals surface area contributed by atoms with Crippen LogP contribution < -0.4 is 10.2 Å². The van der Waals surface area contributed by atoms with Gasteiger partial charge in [0, 0.05) is 5.41 Å². The molecule has 4 heteroatoms. The molecule has 0 aromatic carbocycles. The van der Waals surface area contributed by atoms with Gasteiger partial charge >= 0.3 is 0 Å². The molecule has 0 heterocycles. The van der Waals surface area contributed by atoms with Crippen LogP contribution in [0.2, 0.25) is 0 Å². The zero-order valence-corrected chi connectivity index (χ0v) is 7.96. The lowest BCUT2D eigenvalue weighted by atomic mass is 9.79. The maximum atomic E-state index is 10.7. The molecule has 0 aliphatic rings. The van der Waals surface area contributed by atoms with Crippen LogP contribution in [-0.2, 0) is 9.59 Å². The van der Waals surface area contributed by atoms with Gasteiger partial charge in [0.2, 0.25) is 0 Å². The van der Waals surface area contributed by atoms with Crippen molar-refractivity contribution < 1.29 is 19.8 Å². The third-order valence-electron chi connectivity index (χ3n) is 2.14. The van der Waals surface area contributed by atoms with E-state index in [4.69, 9.17) is 0 Å². The van der Waals surface area contributed by atoms with Crippen molar-refractivity contribution in [2.45, 2.75) is 39.5 Å². The minimum absolute atomic E-state index is 0.0749. The minimum atomic E-state index is -1.79. The van der Waals surface area contributed by atoms with Crippen LogP contribution in [-0.4, -0.2) is 11.9 Å². The van der Waals surface area contributed by atoms with E-state index in [-0.39, 0.29) is 12.8 Å². The Kier molecular flexibility index (Phi) is 4.45. The Morgan fingerprint density at radius 3 is 1.46 bits per heavy atom. The van der Waals surface area contributed by atoms with E-state index < -0.39 is 17.4 Å². The lowest BCUT2D eigenvalue weighted by Crippen LogP contribution is -2.53. The molecule has 0 radical (unpaired) electrons. The minimum Gasteiger partial charge on any atom is -0.549 e. The molecule has 0 aromatic rings. The topological polar surface area (TPSA) is 80.3 Å². The van der Waals surface area contributed by atoms with Crippen LogP contribution in [0.5, 0.6) is 0 Å². The average molecular weight is 186 g/mol. The number of carbonyl (C=O) groups excluding carboxylic acids is 2. The van der Waals surface area contributed by atoms with Crippen molar-refractivity contribution in [1.29, 1.82) is 0 Å². The van der Waals surface area contributed by atoms with Gasteiger partial charge in [0.25, 0.3) is 0 Å². The molecule has 76 valence electrons. The van der Waals surface area contributed by atoms with Crippen molar-refractivity contribution in [3.8, 4) is 0 Å². The third kappa shape index (κ3) is 2.44. The van der Waals surface area contributed by atoms with Gasteiger partial charge in [0.1, 0.15) is 0 Å². The Balaban J connectivity index is 4.80. The SMILES string of the molecule is CCCC(CCC)(C(=O)[O-])C(=O)[O-]. The van der Waals surface area contributed by atoms with Crippen LogP contribution in [0.4, 0.5) is 0 Å². The van der Waals surface area contributed by atoms with Gasteiger partial charge in [-0.15, -0.1) is 0 Å². The van der Waals surface area contributed by atoms with E-state index in [0.29, 0.717) is 12.8 Å². The van der Waals surface area contributed by atoms with Crippen LogP contribution in [0.1, 0.15) is 39.5 Å². The van der Waals surface area contributed by atoms with Gasteiger partial charge in [0.15, 0.2) is 0 Å². The number of carboxylic acid groups (broad SMARTS) is 2. The zero-order valence-electron chi connectivity index (χ0n) is 7.96. The fourth-order valence-electron chi connectivity index (χ4n) is 1.47. The second-order valence-electron chi connectivity index (χ2n) is 3.16. The van der Waals surface area contributed by atoms with E-state index >= 15 is 0 Å². The fraction of sp³-hybridized carbons (Fsp3) is 0.778. The van der Waals surface area contributed by atoms with Gasteiger partial charge < -0.3 is 19.8 Å². The van der Waals surface area contributed by atoms with Gasteiger partial charge in [0.05, 0.1) is 11.9 Å². The molecule has 0 unspecified atom stereocenters. The van der Waals surface area contributed by atoms with E-state index in [1.54, 1.807) is 13.8 Å². The maximum Gasteiger partial charge on any atom is 0.0532 e. The van der Waals surface area contributed by atoms with Crippen LogP contribution >= 0.6 is 0 Å². The Morgan fingerprint density at radius 2 is 1.31 bits per heavy atom. The average Bonchev–Trinajstić information content (AvgIpc) is 2.03. The molecule has 13 heavy (non-hydrogen) atoms. The van der Waals surface area contributed by atoms with Crippen molar-refractivity contribution in [3.63, 3.8) is 0 Å². The molecule has 0 aromatic heterocycles. The molecule has 0 saturated carbocycles. The van der Waals surface area contributed by atoms with Gasteiger partial charge in [-0.25, -0.2) is 0 Å². The largest absolute Gasteiger partial charge is 0.549 e. The highest BCUT2D eigenvalue weighted by Crippen LogP contribution is 2.28. The quantitative estimate of drug-likeness (QED) is 0.502. The van der Waals surface area contributed by atoms with Gasteiger partial charge in [-0.1, -0.05) is 26.7 Å². The van der Waals surface area contributed by atoms with E-state index in [1.807, 2.05) is 0 Å². The molecule has 0 aliphatic carbocycles. The number of aliphatic carboxylic acids is 2. The zero-order chi connectivity index (χ0) is 10.5. The van der Waals surface area contributed by atoms with Crippen molar-refractivity contribution >= 4 is 11.9 Å². The first-order valence-corrected chi connectivity index (χ1v) is 4.44. The van der Waals surface area contributed by atoms with Crippen LogP contribution in [0.15, 0.2) is 0 Å². The number of rotatable bonds is 6. The first kappa shape index (κ1) is 11.9. The fourth-order valence-corrected chi connectivity index (χ4v) is 1.47. The van der Waals surface area contributed by atoms with Crippen molar-refractivity contribution in [2.75, 3.05) is 0 Å². The molecule has 0 amide bonds. The van der Waals surface area contributed by atoms with Crippen molar-refractivity contribution in [2.24, 2.45) is 5.41 Å². The number of carboxylic acids is 2. The van der Waals surface area contributed by atoms with Crippen LogP contribution in [0.25, 0.3) is 0 Å². The highest BCUT2D eigenvalue weighted by Gasteiger charge is 2.31. The van der Waals surface area contributed by atoms with Crippen LogP contribution in [0, 0.1) is 5.41 Å². The molecule has 4 nitrogen and oxygen atoms in total. The standard InChI is InChI=1S/C9H16O4/c1-3-5-9(6-4-2,7(10)11)8(12)13/h3-6H2,1-2H3,(H,10,11)(H,12,13)/p-2. The van der Waals surface area contributed by atoms with E-state index in [1.165, 1.54) is 0 Å². The summed E-state index contributed by atoms with van der Waals surface area (Å²) in [5.74, 6) is -3.06. The normalized spacial score (nSPS) is 11.2. The molecule has 0 atom stereocenters. The molecule has 0 bridgehead atoms. The van der Waals surface area contributed by atoms with E-state index in [2.05, 4.69) is 0 Å². The summed E-state index contributed by atoms with van der Waals surface area (Å²) in [6, 6.07) is 0. The summed E-state index contributed by atoms with van der Waals surface area (Å²) < 4.78 is 0. The second kappa shape index (κ2) is 4.84. The number of carbonyl (C=O) groups is 2. The maximum absolute atomic E-state index is 10.7. The summed E-state index contributed by atoms with van der Waals surface area (Å²) in [5.41, 5.74) is -1.79. The molecule has 0 rings (SSSR count). The van der Waals surface area contributed by atoms with Crippen LogP contribution in [0.3, 0.4) is 0 Å². The summed E-state index contributed by atoms with van der Waals surface area (Å²) in [5, 5.41) is 21.4. The molecule has 0 fully saturated rings. The van der Waals surface area contributed by atoms with E-state index in [9.17, 15) is 19.8 Å². The first-order chi connectivity index (χ1) is 6.01. The van der Waals surface area contributed by atoms with E-state index in [0.717, 1.165) is 0 Å². The summed E-state index contributed by atoms with van der Waals surface area (Å²) in [7, 11) is 0. The third-order valence-corrected chi connectivity index (χ3v) is 2.14. The molecular weight excluding hydrogens is 172 g/mol. The Hall–Kier alpha value is -1.06. The van der Waals surface area contributed by atoms with Gasteiger partial charge in [-0.2, -0.15) is 0 Å². The first-order valence-electron chi connectivity index (χ1n) is 4.44. The monoisotopic (exact) mass is 186 g/mol. The summed E-state index contributed by atoms with van der Waals surface area (Å²) >= 11 is 0. The number of hydrogen-bond acceptors (Lipinski definition) is 4. The van der Waals surface area contributed by atoms with Crippen molar-refractivity contribution in [3.05, 3.63) is 0 Å². The van der Waals surface area contributed by atoms with Crippen molar-refractivity contribution in [1.82, 2.24) is 0 Å². The van der Waals surface area contributed by atoms with Gasteiger partial charge in [-0.05, 0) is 12.8 Å². The Labute approximate surface area is 77.6 Å². The highest BCUT2D eigenvalue weighted by molar-refractivity contribution is 5.96. The predicted octanol–water partition coefficient (Wildman–Crippen LogP) is -0.927. The molecule has 0 saturated heterocycles. The predicted molar refractivity (Wildman–Crippen MR) is 42.3 cm³/mol. The lowest BCUT2D eigenvalue weighted by molar-refractivity contribution is -0.344. The second-order valence-corrected chi connectivity index (χ2v) is 3.16. The summed E-state index contributed by atoms with van der Waals surface area (Å²) in [6.45, 7) is 3.46. The molecule has 0 N–H and O–H groups in total. The highest BCUT2D eigenvalue weighted by atomic mass is 16.4. The number of hydrogen-bond donors (Lipinski definition) is 0. The Bertz CT molecular complexity index is 176. The molecular formula is C9H14O4-2. The molecule has 0 aliphatic heterocycles. The van der Waals surface area contributed by atoms with Gasteiger partial charge in [-0.3, -0.25) is 0 Å². The summed E-state index contributed by atoms with van der Waals surface area (Å²) in [6.07, 6.45) is 1.13. The smallest absolute Gasteiger partial charge is 0.0532 e. The Morgan fingerprint density at radius 1 is 1.00 bits per heavy atom. The summed E-state index contributed by atoms with van der Waals surface area (Å²) in [4.78, 5) is 21.4.